The van der Waals surface area contributed by atoms with Gasteiger partial charge in [-0.1, -0.05) is 6.07 Å². The van der Waals surface area contributed by atoms with Crippen molar-refractivity contribution in [2.24, 2.45) is 0 Å². The fourth-order valence-corrected chi connectivity index (χ4v) is 1.90. The lowest BCUT2D eigenvalue weighted by Gasteiger charge is -2.22. The van der Waals surface area contributed by atoms with Gasteiger partial charge in [-0.2, -0.15) is 0 Å². The molecule has 122 valence electrons. The summed E-state index contributed by atoms with van der Waals surface area (Å²) in [5.74, 6) is -3.65. The zero-order valence-corrected chi connectivity index (χ0v) is 13.8. The van der Waals surface area contributed by atoms with Crippen molar-refractivity contribution in [3.8, 4) is 0 Å². The van der Waals surface area contributed by atoms with Crippen LogP contribution in [0.3, 0.4) is 0 Å². The Balaban J connectivity index is 2.88. The lowest BCUT2D eigenvalue weighted by atomic mass is 10.1. The molecule has 8 heteroatoms. The summed E-state index contributed by atoms with van der Waals surface area (Å²) in [4.78, 5) is 22.8. The van der Waals surface area contributed by atoms with Gasteiger partial charge in [-0.3, -0.25) is 0 Å². The Morgan fingerprint density at radius 2 is 1.91 bits per heavy atom. The smallest absolute Gasteiger partial charge is 0.408 e. The predicted octanol–water partition coefficient (Wildman–Crippen LogP) is 3.25. The van der Waals surface area contributed by atoms with Crippen LogP contribution in [0.4, 0.5) is 13.6 Å². The van der Waals surface area contributed by atoms with Crippen LogP contribution in [-0.4, -0.2) is 28.8 Å². The van der Waals surface area contributed by atoms with E-state index < -0.39 is 41.8 Å². The highest BCUT2D eigenvalue weighted by Gasteiger charge is 2.26. The molecule has 5 nitrogen and oxygen atoms in total. The van der Waals surface area contributed by atoms with Gasteiger partial charge in [0.25, 0.3) is 0 Å². The number of amides is 1. The Labute approximate surface area is 134 Å². The standard InChI is InChI=1S/C14H16BrF2NO4/c1-14(2,3)22-13(21)18-9(12(19)20)6-7-4-5-8(15)11(17)10(7)16/h4-5,9H,6H2,1-3H3,(H,18,21)(H,19,20)/t9-/m0/s1. The van der Waals surface area contributed by atoms with Crippen molar-refractivity contribution in [2.75, 3.05) is 0 Å². The molecule has 0 aliphatic heterocycles. The molecule has 0 saturated heterocycles. The summed E-state index contributed by atoms with van der Waals surface area (Å²) in [5.41, 5.74) is -0.966. The molecule has 0 unspecified atom stereocenters. The molecule has 2 N–H and O–H groups in total. The maximum absolute atomic E-state index is 13.8. The molecule has 0 aliphatic rings. The fourth-order valence-electron chi connectivity index (χ4n) is 1.59. The molecule has 22 heavy (non-hydrogen) atoms. The van der Waals surface area contributed by atoms with Crippen LogP contribution < -0.4 is 5.32 Å². The fraction of sp³-hybridized carbons (Fsp3) is 0.429. The van der Waals surface area contributed by atoms with Gasteiger partial charge in [0.1, 0.15) is 11.6 Å². The van der Waals surface area contributed by atoms with Crippen LogP contribution >= 0.6 is 15.9 Å². The molecule has 1 aromatic rings. The lowest BCUT2D eigenvalue weighted by molar-refractivity contribution is -0.139. The largest absolute Gasteiger partial charge is 0.480 e. The number of nitrogens with one attached hydrogen (secondary N) is 1. The summed E-state index contributed by atoms with van der Waals surface area (Å²) >= 11 is 2.83. The molecule has 0 heterocycles. The number of carboxylic acids is 1. The Bertz CT molecular complexity index is 587. The van der Waals surface area contributed by atoms with Crippen LogP contribution in [-0.2, 0) is 16.0 Å². The molecule has 0 radical (unpaired) electrons. The topological polar surface area (TPSA) is 75.6 Å². The third-order valence-electron chi connectivity index (χ3n) is 2.53. The molecule has 1 amide bonds. The van der Waals surface area contributed by atoms with Crippen LogP contribution in [0.25, 0.3) is 0 Å². The summed E-state index contributed by atoms with van der Waals surface area (Å²) in [6.45, 7) is 4.85. The van der Waals surface area contributed by atoms with Crippen LogP contribution in [0.1, 0.15) is 26.3 Å². The average molecular weight is 380 g/mol. The van der Waals surface area contributed by atoms with E-state index >= 15 is 0 Å². The molecule has 1 aromatic carbocycles. The molecule has 0 saturated carbocycles. The Hall–Kier alpha value is -1.70. The maximum atomic E-state index is 13.8. The number of benzene rings is 1. The molecule has 0 fully saturated rings. The number of alkyl carbamates (subject to hydrolysis) is 1. The normalized spacial score (nSPS) is 12.6. The van der Waals surface area contributed by atoms with Gasteiger partial charge >= 0.3 is 12.1 Å². The van der Waals surface area contributed by atoms with Crippen LogP contribution in [0.2, 0.25) is 0 Å². The Morgan fingerprint density at radius 1 is 1.32 bits per heavy atom. The third-order valence-corrected chi connectivity index (χ3v) is 3.14. The van der Waals surface area contributed by atoms with Crippen molar-refractivity contribution in [1.82, 2.24) is 5.32 Å². The first kappa shape index (κ1) is 18.3. The van der Waals surface area contributed by atoms with Crippen molar-refractivity contribution in [1.29, 1.82) is 0 Å². The highest BCUT2D eigenvalue weighted by molar-refractivity contribution is 9.10. The molecular weight excluding hydrogens is 364 g/mol. The number of hydrogen-bond acceptors (Lipinski definition) is 3. The first-order chi connectivity index (χ1) is 10.0. The molecule has 0 bridgehead atoms. The van der Waals surface area contributed by atoms with Gasteiger partial charge in [0.2, 0.25) is 0 Å². The Kier molecular flexibility index (Phi) is 5.87. The maximum Gasteiger partial charge on any atom is 0.408 e. The molecular formula is C14H16BrF2NO4. The second-order valence-corrected chi connectivity index (χ2v) is 6.43. The minimum Gasteiger partial charge on any atom is -0.480 e. The van der Waals surface area contributed by atoms with E-state index in [-0.39, 0.29) is 10.0 Å². The summed E-state index contributed by atoms with van der Waals surface area (Å²) in [5, 5.41) is 11.2. The molecule has 1 atom stereocenters. The summed E-state index contributed by atoms with van der Waals surface area (Å²) in [7, 11) is 0. The lowest BCUT2D eigenvalue weighted by Crippen LogP contribution is -2.44. The second-order valence-electron chi connectivity index (χ2n) is 5.58. The van der Waals surface area contributed by atoms with Gasteiger partial charge in [-0.25, -0.2) is 18.4 Å². The van der Waals surface area contributed by atoms with Gasteiger partial charge in [-0.15, -0.1) is 0 Å². The number of rotatable bonds is 4. The zero-order valence-electron chi connectivity index (χ0n) is 12.2. The van der Waals surface area contributed by atoms with Crippen LogP contribution in [0.5, 0.6) is 0 Å². The monoisotopic (exact) mass is 379 g/mol. The summed E-state index contributed by atoms with van der Waals surface area (Å²) in [6.07, 6.45) is -1.36. The number of aliphatic carboxylic acids is 1. The summed E-state index contributed by atoms with van der Waals surface area (Å²) in [6, 6.07) is 1.07. The number of ether oxygens (including phenoxy) is 1. The summed E-state index contributed by atoms with van der Waals surface area (Å²) < 4.78 is 32.1. The van der Waals surface area contributed by atoms with Crippen molar-refractivity contribution in [3.63, 3.8) is 0 Å². The number of carbonyl (C=O) groups is 2. The third kappa shape index (κ3) is 5.25. The van der Waals surface area contributed by atoms with Crippen molar-refractivity contribution in [2.45, 2.75) is 38.8 Å². The van der Waals surface area contributed by atoms with E-state index in [1.165, 1.54) is 12.1 Å². The van der Waals surface area contributed by atoms with Crippen molar-refractivity contribution < 1.29 is 28.2 Å². The molecule has 0 aliphatic carbocycles. The van der Waals surface area contributed by atoms with Crippen LogP contribution in [0.15, 0.2) is 16.6 Å². The number of carbonyl (C=O) groups excluding carboxylic acids is 1. The first-order valence-corrected chi connectivity index (χ1v) is 7.15. The zero-order chi connectivity index (χ0) is 17.1. The highest BCUT2D eigenvalue weighted by atomic mass is 79.9. The number of hydrogen-bond donors (Lipinski definition) is 2. The average Bonchev–Trinajstić information content (AvgIpc) is 2.36. The van der Waals surface area contributed by atoms with E-state index in [4.69, 9.17) is 9.84 Å². The predicted molar refractivity (Wildman–Crippen MR) is 78.6 cm³/mol. The van der Waals surface area contributed by atoms with Crippen LogP contribution in [0, 0.1) is 11.6 Å². The number of halogens is 3. The van der Waals surface area contributed by atoms with E-state index in [1.807, 2.05) is 0 Å². The molecule has 1 rings (SSSR count). The second kappa shape index (κ2) is 7.04. The highest BCUT2D eigenvalue weighted by Crippen LogP contribution is 2.22. The van der Waals surface area contributed by atoms with Gasteiger partial charge in [0.15, 0.2) is 11.6 Å². The molecule has 0 spiro atoms. The van der Waals surface area contributed by atoms with E-state index in [2.05, 4.69) is 21.2 Å². The van der Waals surface area contributed by atoms with E-state index in [0.29, 0.717) is 0 Å². The Morgan fingerprint density at radius 3 is 2.41 bits per heavy atom. The van der Waals surface area contributed by atoms with Crippen molar-refractivity contribution in [3.05, 3.63) is 33.8 Å². The van der Waals surface area contributed by atoms with Gasteiger partial charge in [-0.05, 0) is 48.3 Å². The number of carboxylic acid groups (broad SMARTS) is 1. The van der Waals surface area contributed by atoms with Crippen molar-refractivity contribution >= 4 is 28.0 Å². The molecule has 0 aromatic heterocycles. The quantitative estimate of drug-likeness (QED) is 0.787. The minimum atomic E-state index is -1.44. The van der Waals surface area contributed by atoms with Gasteiger partial charge < -0.3 is 15.2 Å². The van der Waals surface area contributed by atoms with E-state index in [1.54, 1.807) is 20.8 Å². The SMILES string of the molecule is CC(C)(C)OC(=O)N[C@@H](Cc1ccc(Br)c(F)c1F)C(=O)O. The van der Waals surface area contributed by atoms with E-state index in [0.717, 1.165) is 0 Å². The van der Waals surface area contributed by atoms with Gasteiger partial charge in [0, 0.05) is 6.42 Å². The first-order valence-electron chi connectivity index (χ1n) is 6.36. The van der Waals surface area contributed by atoms with E-state index in [9.17, 15) is 18.4 Å². The van der Waals surface area contributed by atoms with Gasteiger partial charge in [0.05, 0.1) is 4.47 Å². The minimum absolute atomic E-state index is 0.0688.